The van der Waals surface area contributed by atoms with E-state index in [1.54, 1.807) is 13.0 Å². The van der Waals surface area contributed by atoms with Crippen LogP contribution in [-0.4, -0.2) is 54.7 Å². The lowest BCUT2D eigenvalue weighted by molar-refractivity contribution is -0.143. The van der Waals surface area contributed by atoms with Gasteiger partial charge in [0.15, 0.2) is 0 Å². The summed E-state index contributed by atoms with van der Waals surface area (Å²) < 4.78 is 4.90. The molecule has 0 radical (unpaired) electrons. The second-order valence-electron chi connectivity index (χ2n) is 9.27. The maximum Gasteiger partial charge on any atom is 0.325 e. The Kier molecular flexibility index (Phi) is 8.50. The zero-order valence-corrected chi connectivity index (χ0v) is 19.9. The summed E-state index contributed by atoms with van der Waals surface area (Å²) in [6.07, 6.45) is 1.30. The van der Waals surface area contributed by atoms with E-state index in [4.69, 9.17) is 4.74 Å². The SMILES string of the molecule is CCOC(=O)CNC(=O)CC(CN1CC[C@@](C)(c2cccc(O)c2)[C@@H](C)C1)c1ccccc1. The number of ether oxygens (including phenoxy) is 1. The van der Waals surface area contributed by atoms with Gasteiger partial charge < -0.3 is 20.1 Å². The number of piperidine rings is 1. The number of benzene rings is 2. The highest BCUT2D eigenvalue weighted by molar-refractivity contribution is 5.82. The highest BCUT2D eigenvalue weighted by Crippen LogP contribution is 2.40. The Labute approximate surface area is 196 Å². The zero-order chi connectivity index (χ0) is 23.8. The first-order valence-corrected chi connectivity index (χ1v) is 11.8. The molecule has 1 unspecified atom stereocenters. The summed E-state index contributed by atoms with van der Waals surface area (Å²) in [5, 5.41) is 12.7. The molecule has 1 aliphatic heterocycles. The van der Waals surface area contributed by atoms with Crippen molar-refractivity contribution >= 4 is 11.9 Å². The van der Waals surface area contributed by atoms with Crippen molar-refractivity contribution in [3.8, 4) is 5.75 Å². The molecule has 0 bridgehead atoms. The summed E-state index contributed by atoms with van der Waals surface area (Å²) in [6, 6.07) is 17.7. The van der Waals surface area contributed by atoms with Crippen LogP contribution in [0.25, 0.3) is 0 Å². The smallest absolute Gasteiger partial charge is 0.325 e. The topological polar surface area (TPSA) is 78.9 Å². The molecule has 2 N–H and O–H groups in total. The Morgan fingerprint density at radius 2 is 1.97 bits per heavy atom. The Bertz CT molecular complexity index is 933. The molecule has 2 aromatic rings. The summed E-state index contributed by atoms with van der Waals surface area (Å²) in [7, 11) is 0. The minimum absolute atomic E-state index is 0.00546. The third-order valence-corrected chi connectivity index (χ3v) is 6.99. The molecule has 0 aromatic heterocycles. The van der Waals surface area contributed by atoms with Crippen LogP contribution >= 0.6 is 0 Å². The van der Waals surface area contributed by atoms with Crippen molar-refractivity contribution in [3.05, 3.63) is 65.7 Å². The van der Waals surface area contributed by atoms with Gasteiger partial charge in [0.1, 0.15) is 12.3 Å². The number of likely N-dealkylation sites (tertiary alicyclic amines) is 1. The highest BCUT2D eigenvalue weighted by atomic mass is 16.5. The lowest BCUT2D eigenvalue weighted by atomic mass is 9.68. The molecule has 1 amide bonds. The van der Waals surface area contributed by atoms with E-state index in [9.17, 15) is 14.7 Å². The van der Waals surface area contributed by atoms with E-state index in [1.165, 1.54) is 5.56 Å². The number of hydrogen-bond acceptors (Lipinski definition) is 5. The van der Waals surface area contributed by atoms with E-state index in [0.717, 1.165) is 31.6 Å². The molecule has 1 aliphatic rings. The van der Waals surface area contributed by atoms with Crippen LogP contribution < -0.4 is 5.32 Å². The van der Waals surface area contributed by atoms with Crippen molar-refractivity contribution in [1.82, 2.24) is 10.2 Å². The number of aromatic hydroxyl groups is 1. The normalized spacial score (nSPS) is 21.8. The van der Waals surface area contributed by atoms with Crippen LogP contribution in [0, 0.1) is 5.92 Å². The average molecular weight is 453 g/mol. The van der Waals surface area contributed by atoms with Gasteiger partial charge in [0.2, 0.25) is 5.91 Å². The first kappa shape index (κ1) is 24.8. The summed E-state index contributed by atoms with van der Waals surface area (Å²) >= 11 is 0. The number of rotatable bonds is 9. The van der Waals surface area contributed by atoms with Crippen LogP contribution in [0.5, 0.6) is 5.75 Å². The summed E-state index contributed by atoms with van der Waals surface area (Å²) in [4.78, 5) is 26.6. The maximum atomic E-state index is 12.6. The Hall–Kier alpha value is -2.86. The van der Waals surface area contributed by atoms with Crippen molar-refractivity contribution in [2.45, 2.75) is 44.9 Å². The van der Waals surface area contributed by atoms with E-state index in [2.05, 4.69) is 42.3 Å². The first-order chi connectivity index (χ1) is 15.8. The number of amides is 1. The van der Waals surface area contributed by atoms with Gasteiger partial charge in [-0.2, -0.15) is 0 Å². The Morgan fingerprint density at radius 3 is 2.64 bits per heavy atom. The average Bonchev–Trinajstić information content (AvgIpc) is 2.80. The minimum Gasteiger partial charge on any atom is -0.508 e. The number of phenolic OH excluding ortho intramolecular Hbond substituents is 1. The fraction of sp³-hybridized carbons (Fsp3) is 0.481. The van der Waals surface area contributed by atoms with Crippen molar-refractivity contribution in [2.24, 2.45) is 5.92 Å². The highest BCUT2D eigenvalue weighted by Gasteiger charge is 2.38. The molecule has 0 saturated carbocycles. The molecule has 1 heterocycles. The molecule has 1 fully saturated rings. The van der Waals surface area contributed by atoms with Crippen molar-refractivity contribution < 1.29 is 19.4 Å². The predicted octanol–water partition coefficient (Wildman–Crippen LogP) is 3.84. The number of esters is 1. The Balaban J connectivity index is 1.66. The largest absolute Gasteiger partial charge is 0.508 e. The van der Waals surface area contributed by atoms with E-state index in [0.29, 0.717) is 24.7 Å². The molecule has 33 heavy (non-hydrogen) atoms. The quantitative estimate of drug-likeness (QED) is 0.565. The van der Waals surface area contributed by atoms with Crippen molar-refractivity contribution in [1.29, 1.82) is 0 Å². The van der Waals surface area contributed by atoms with Gasteiger partial charge in [0.25, 0.3) is 0 Å². The third-order valence-electron chi connectivity index (χ3n) is 6.99. The number of carbonyl (C=O) groups is 2. The second-order valence-corrected chi connectivity index (χ2v) is 9.27. The van der Waals surface area contributed by atoms with Gasteiger partial charge in [-0.25, -0.2) is 0 Å². The standard InChI is InChI=1S/C27H36N2O4/c1-4-33-26(32)17-28-25(31)15-22(21-9-6-5-7-10-21)19-29-14-13-27(3,20(2)18-29)23-11-8-12-24(30)16-23/h5-12,16,20,22,30H,4,13-15,17-19H2,1-3H3,(H,28,31)/t20-,22?,27+/m0/s1. The second kappa shape index (κ2) is 11.3. The Morgan fingerprint density at radius 1 is 1.21 bits per heavy atom. The van der Waals surface area contributed by atoms with Gasteiger partial charge in [0.05, 0.1) is 6.61 Å². The molecule has 2 aromatic carbocycles. The van der Waals surface area contributed by atoms with Crippen LogP contribution in [0.2, 0.25) is 0 Å². The van der Waals surface area contributed by atoms with Gasteiger partial charge in [-0.15, -0.1) is 0 Å². The maximum absolute atomic E-state index is 12.6. The van der Waals surface area contributed by atoms with Crippen LogP contribution in [-0.2, 0) is 19.7 Å². The third kappa shape index (κ3) is 6.57. The van der Waals surface area contributed by atoms with E-state index in [-0.39, 0.29) is 23.8 Å². The van der Waals surface area contributed by atoms with Crippen LogP contribution in [0.3, 0.4) is 0 Å². The lowest BCUT2D eigenvalue weighted by Gasteiger charge is -2.46. The molecular formula is C27H36N2O4. The number of carbonyl (C=O) groups excluding carboxylic acids is 2. The molecule has 6 heteroatoms. The molecule has 178 valence electrons. The van der Waals surface area contributed by atoms with Gasteiger partial charge in [-0.3, -0.25) is 9.59 Å². The van der Waals surface area contributed by atoms with Gasteiger partial charge in [-0.05, 0) is 54.5 Å². The number of hydrogen-bond donors (Lipinski definition) is 2. The molecule has 3 rings (SSSR count). The first-order valence-electron chi connectivity index (χ1n) is 11.8. The van der Waals surface area contributed by atoms with Gasteiger partial charge >= 0.3 is 5.97 Å². The lowest BCUT2D eigenvalue weighted by Crippen LogP contribution is -2.48. The summed E-state index contributed by atoms with van der Waals surface area (Å²) in [6.45, 7) is 9.10. The monoisotopic (exact) mass is 452 g/mol. The van der Waals surface area contributed by atoms with Crippen molar-refractivity contribution in [3.63, 3.8) is 0 Å². The number of phenols is 1. The molecule has 0 spiro atoms. The fourth-order valence-corrected chi connectivity index (χ4v) is 4.78. The number of nitrogens with one attached hydrogen (secondary N) is 1. The van der Waals surface area contributed by atoms with Crippen LogP contribution in [0.15, 0.2) is 54.6 Å². The van der Waals surface area contributed by atoms with E-state index < -0.39 is 5.97 Å². The molecule has 1 saturated heterocycles. The van der Waals surface area contributed by atoms with Crippen molar-refractivity contribution in [2.75, 3.05) is 32.8 Å². The van der Waals surface area contributed by atoms with E-state index >= 15 is 0 Å². The number of nitrogens with zero attached hydrogens (tertiary/aromatic N) is 1. The van der Waals surface area contributed by atoms with Gasteiger partial charge in [-0.1, -0.05) is 56.3 Å². The zero-order valence-electron chi connectivity index (χ0n) is 19.9. The van der Waals surface area contributed by atoms with Crippen LogP contribution in [0.4, 0.5) is 0 Å². The summed E-state index contributed by atoms with van der Waals surface area (Å²) in [5.74, 6) is 0.166. The minimum atomic E-state index is -0.418. The van der Waals surface area contributed by atoms with Crippen LogP contribution in [0.1, 0.15) is 50.7 Å². The van der Waals surface area contributed by atoms with Gasteiger partial charge in [0, 0.05) is 25.4 Å². The molecular weight excluding hydrogens is 416 g/mol. The van der Waals surface area contributed by atoms with E-state index in [1.807, 2.05) is 30.3 Å². The summed E-state index contributed by atoms with van der Waals surface area (Å²) in [5.41, 5.74) is 2.29. The molecule has 6 nitrogen and oxygen atoms in total. The fourth-order valence-electron chi connectivity index (χ4n) is 4.78. The molecule has 3 atom stereocenters. The predicted molar refractivity (Wildman–Crippen MR) is 129 cm³/mol. The molecule has 0 aliphatic carbocycles.